The summed E-state index contributed by atoms with van der Waals surface area (Å²) in [7, 11) is 0. The van der Waals surface area contributed by atoms with Crippen LogP contribution >= 0.6 is 0 Å². The number of pyridine rings is 1. The predicted molar refractivity (Wildman–Crippen MR) is 123 cm³/mol. The molecule has 3 nitrogen and oxygen atoms in total. The lowest BCUT2D eigenvalue weighted by atomic mass is 9.62. The number of carboxylic acids is 1. The van der Waals surface area contributed by atoms with Crippen molar-refractivity contribution in [3.05, 3.63) is 75.6 Å². The molecule has 156 valence electrons. The first-order valence-electron chi connectivity index (χ1n) is 10.8. The van der Waals surface area contributed by atoms with Gasteiger partial charge in [0.2, 0.25) is 0 Å². The topological polar surface area (TPSA) is 50.2 Å². The molecule has 0 saturated carbocycles. The van der Waals surface area contributed by atoms with E-state index in [1.165, 1.54) is 52.4 Å². The van der Waals surface area contributed by atoms with Crippen molar-refractivity contribution in [1.82, 2.24) is 4.98 Å². The summed E-state index contributed by atoms with van der Waals surface area (Å²) in [5.74, 6) is -0.946. The largest absolute Gasteiger partial charge is 0.478 e. The summed E-state index contributed by atoms with van der Waals surface area (Å²) in [4.78, 5) is 15.4. The maximum absolute atomic E-state index is 11.1. The van der Waals surface area contributed by atoms with E-state index >= 15 is 0 Å². The molecule has 1 aromatic carbocycles. The molecule has 30 heavy (non-hydrogen) atoms. The van der Waals surface area contributed by atoms with E-state index in [-0.39, 0.29) is 16.4 Å². The van der Waals surface area contributed by atoms with E-state index in [0.29, 0.717) is 0 Å². The van der Waals surface area contributed by atoms with Crippen molar-refractivity contribution in [1.29, 1.82) is 0 Å². The number of rotatable bonds is 3. The van der Waals surface area contributed by atoms with Crippen LogP contribution in [0.2, 0.25) is 0 Å². The molecule has 0 atom stereocenters. The third kappa shape index (κ3) is 3.62. The van der Waals surface area contributed by atoms with Crippen molar-refractivity contribution in [3.8, 4) is 0 Å². The Balaban J connectivity index is 1.76. The summed E-state index contributed by atoms with van der Waals surface area (Å²) in [6.07, 6.45) is 10.3. The maximum atomic E-state index is 11.1. The van der Waals surface area contributed by atoms with Gasteiger partial charge in [-0.25, -0.2) is 4.79 Å². The van der Waals surface area contributed by atoms with Gasteiger partial charge in [-0.1, -0.05) is 45.9 Å². The summed E-state index contributed by atoms with van der Waals surface area (Å²) >= 11 is 0. The number of aryl methyl sites for hydroxylation is 1. The molecule has 4 rings (SSSR count). The maximum Gasteiger partial charge on any atom is 0.337 e. The molecule has 1 aromatic heterocycles. The highest BCUT2D eigenvalue weighted by Crippen LogP contribution is 2.48. The monoisotopic (exact) mass is 401 g/mol. The zero-order valence-corrected chi connectivity index (χ0v) is 18.7. The number of fused-ring (bicyclic) bond motifs is 1. The smallest absolute Gasteiger partial charge is 0.337 e. The fourth-order valence-electron chi connectivity index (χ4n) is 4.88. The van der Waals surface area contributed by atoms with E-state index in [2.05, 4.69) is 63.9 Å². The van der Waals surface area contributed by atoms with Crippen molar-refractivity contribution < 1.29 is 9.90 Å². The fourth-order valence-corrected chi connectivity index (χ4v) is 4.88. The van der Waals surface area contributed by atoms with Crippen LogP contribution in [0.5, 0.6) is 0 Å². The van der Waals surface area contributed by atoms with Gasteiger partial charge in [0, 0.05) is 6.20 Å². The number of aromatic nitrogens is 1. The molecule has 3 heteroatoms. The molecule has 0 aliphatic heterocycles. The molecule has 2 aliphatic carbocycles. The molecule has 0 bridgehead atoms. The number of carbonyl (C=O) groups is 1. The summed E-state index contributed by atoms with van der Waals surface area (Å²) in [6.45, 7) is 11.7. The Morgan fingerprint density at radius 2 is 1.73 bits per heavy atom. The lowest BCUT2D eigenvalue weighted by molar-refractivity contribution is 0.0696. The number of benzene rings is 1. The van der Waals surface area contributed by atoms with Crippen molar-refractivity contribution in [2.24, 2.45) is 0 Å². The molecule has 0 unspecified atom stereocenters. The Morgan fingerprint density at radius 3 is 2.33 bits per heavy atom. The van der Waals surface area contributed by atoms with Crippen molar-refractivity contribution in [2.45, 2.75) is 71.1 Å². The van der Waals surface area contributed by atoms with Gasteiger partial charge in [-0.05, 0) is 95.0 Å². The van der Waals surface area contributed by atoms with E-state index in [0.717, 1.165) is 18.5 Å². The SMILES string of the molecule is Cc1cc2c(cc1C1=CCC/C1=C\c1ccc(C(=O)O)cn1)C(C)(C)CCC2(C)C. The summed E-state index contributed by atoms with van der Waals surface area (Å²) in [6, 6.07) is 8.27. The van der Waals surface area contributed by atoms with Crippen molar-refractivity contribution >= 4 is 17.6 Å². The number of carboxylic acid groups (broad SMARTS) is 1. The average molecular weight is 402 g/mol. The van der Waals surface area contributed by atoms with E-state index in [4.69, 9.17) is 5.11 Å². The third-order valence-corrected chi connectivity index (χ3v) is 6.95. The fraction of sp³-hybridized carbons (Fsp3) is 0.407. The van der Waals surface area contributed by atoms with E-state index in [9.17, 15) is 4.79 Å². The first-order chi connectivity index (χ1) is 14.1. The summed E-state index contributed by atoms with van der Waals surface area (Å²) in [5.41, 5.74) is 9.63. The zero-order chi connectivity index (χ0) is 21.7. The number of aromatic carboxylic acids is 1. The van der Waals surface area contributed by atoms with Crippen LogP contribution in [0.4, 0.5) is 0 Å². The first kappa shape index (κ1) is 20.6. The van der Waals surface area contributed by atoms with Crippen LogP contribution in [-0.4, -0.2) is 16.1 Å². The molecule has 0 fully saturated rings. The quantitative estimate of drug-likeness (QED) is 0.623. The zero-order valence-electron chi connectivity index (χ0n) is 18.7. The molecule has 1 N–H and O–H groups in total. The van der Waals surface area contributed by atoms with Crippen LogP contribution in [-0.2, 0) is 10.8 Å². The number of hydrogen-bond acceptors (Lipinski definition) is 2. The van der Waals surface area contributed by atoms with Crippen LogP contribution in [0.1, 0.15) is 91.7 Å². The molecule has 1 heterocycles. The number of nitrogens with zero attached hydrogens (tertiary/aromatic N) is 1. The Kier molecular flexibility index (Phi) is 4.96. The normalized spacial score (nSPS) is 20.7. The second-order valence-corrected chi connectivity index (χ2v) is 10.1. The van der Waals surface area contributed by atoms with Crippen LogP contribution in [0.15, 0.2) is 42.1 Å². The van der Waals surface area contributed by atoms with Crippen LogP contribution < -0.4 is 0 Å². The van der Waals surface area contributed by atoms with Gasteiger partial charge in [-0.15, -0.1) is 0 Å². The van der Waals surface area contributed by atoms with Crippen LogP contribution in [0, 0.1) is 6.92 Å². The molecule has 0 saturated heterocycles. The molecule has 0 radical (unpaired) electrons. The van der Waals surface area contributed by atoms with Crippen molar-refractivity contribution in [2.75, 3.05) is 0 Å². The highest BCUT2D eigenvalue weighted by atomic mass is 16.4. The van der Waals surface area contributed by atoms with Gasteiger partial charge < -0.3 is 5.11 Å². The van der Waals surface area contributed by atoms with E-state index in [1.807, 2.05) is 0 Å². The molecule has 2 aliphatic rings. The second-order valence-electron chi connectivity index (χ2n) is 10.1. The lowest BCUT2D eigenvalue weighted by Crippen LogP contribution is -2.34. The van der Waals surface area contributed by atoms with E-state index in [1.54, 1.807) is 12.1 Å². The minimum Gasteiger partial charge on any atom is -0.478 e. The Morgan fingerprint density at radius 1 is 1.07 bits per heavy atom. The number of hydrogen-bond donors (Lipinski definition) is 1. The first-order valence-corrected chi connectivity index (χ1v) is 10.8. The van der Waals surface area contributed by atoms with Crippen molar-refractivity contribution in [3.63, 3.8) is 0 Å². The molecule has 0 amide bonds. The summed E-state index contributed by atoms with van der Waals surface area (Å²) < 4.78 is 0. The van der Waals surface area contributed by atoms with Gasteiger partial charge in [0.05, 0.1) is 11.3 Å². The number of allylic oxidation sites excluding steroid dienone is 3. The molecule has 2 aromatic rings. The van der Waals surface area contributed by atoms with E-state index < -0.39 is 5.97 Å². The van der Waals surface area contributed by atoms with Crippen LogP contribution in [0.3, 0.4) is 0 Å². The Bertz CT molecular complexity index is 1070. The highest BCUT2D eigenvalue weighted by Gasteiger charge is 2.37. The molecular weight excluding hydrogens is 370 g/mol. The van der Waals surface area contributed by atoms with Crippen LogP contribution in [0.25, 0.3) is 11.6 Å². The van der Waals surface area contributed by atoms with Gasteiger partial charge in [0.15, 0.2) is 0 Å². The summed E-state index contributed by atoms with van der Waals surface area (Å²) in [5, 5.41) is 9.09. The van der Waals surface area contributed by atoms with Gasteiger partial charge in [-0.3, -0.25) is 4.98 Å². The lowest BCUT2D eigenvalue weighted by Gasteiger charge is -2.42. The van der Waals surface area contributed by atoms with Gasteiger partial charge in [0.1, 0.15) is 0 Å². The third-order valence-electron chi connectivity index (χ3n) is 6.95. The Hall–Kier alpha value is -2.68. The minimum absolute atomic E-state index is 0.185. The Labute approximate surface area is 179 Å². The molecule has 0 spiro atoms. The average Bonchev–Trinajstić information content (AvgIpc) is 3.13. The standard InChI is InChI=1S/C27H31NO2/c1-17-13-23-24(27(4,5)12-11-26(23,2)3)15-22(17)21-8-6-7-18(21)14-20-10-9-19(16-28-20)25(29)30/h8-10,13-16H,6-7,11-12H2,1-5H3,(H,29,30)/b18-14+. The van der Waals surface area contributed by atoms with Gasteiger partial charge >= 0.3 is 5.97 Å². The molecular formula is C27H31NO2. The van der Waals surface area contributed by atoms with Gasteiger partial charge in [-0.2, -0.15) is 0 Å². The second kappa shape index (κ2) is 7.23. The highest BCUT2D eigenvalue weighted by molar-refractivity contribution is 5.89. The predicted octanol–water partition coefficient (Wildman–Crippen LogP) is 6.70. The minimum atomic E-state index is -0.946. The van der Waals surface area contributed by atoms with Gasteiger partial charge in [0.25, 0.3) is 0 Å².